The van der Waals surface area contributed by atoms with Gasteiger partial charge in [-0.1, -0.05) is 26.0 Å². The lowest BCUT2D eigenvalue weighted by Crippen LogP contribution is -2.41. The molecule has 1 heterocycles. The summed E-state index contributed by atoms with van der Waals surface area (Å²) in [6.07, 6.45) is 0.140. The third-order valence-electron chi connectivity index (χ3n) is 6.07. The van der Waals surface area contributed by atoms with Gasteiger partial charge < -0.3 is 15.4 Å². The lowest BCUT2D eigenvalue weighted by molar-refractivity contribution is -0.140. The Kier molecular flexibility index (Phi) is 12.4. The van der Waals surface area contributed by atoms with Gasteiger partial charge in [0.05, 0.1) is 25.7 Å². The maximum Gasteiger partial charge on any atom is 0.325 e. The fourth-order valence-corrected chi connectivity index (χ4v) is 3.95. The number of amides is 6. The van der Waals surface area contributed by atoms with Gasteiger partial charge in [0.1, 0.15) is 11.6 Å². The highest BCUT2D eigenvalue weighted by Gasteiger charge is 2.35. The maximum absolute atomic E-state index is 12.7. The average molecular weight is 545 g/mol. The predicted molar refractivity (Wildman–Crippen MR) is 140 cm³/mol. The van der Waals surface area contributed by atoms with Crippen molar-refractivity contribution < 1.29 is 38.3 Å². The number of hydrogen-bond donors (Lipinski definition) is 3. The molecule has 1 fully saturated rings. The molecule has 12 nitrogen and oxygen atoms in total. The van der Waals surface area contributed by atoms with Crippen molar-refractivity contribution in [2.24, 2.45) is 11.8 Å². The molecular formula is C27H36N4O8. The van der Waals surface area contributed by atoms with Gasteiger partial charge in [-0.15, -0.1) is 0 Å². The van der Waals surface area contributed by atoms with Crippen LogP contribution >= 0.6 is 0 Å². The molecule has 1 aliphatic heterocycles. The predicted octanol–water partition coefficient (Wildman–Crippen LogP) is 1.37. The summed E-state index contributed by atoms with van der Waals surface area (Å²) in [7, 11) is 0. The number of carbonyl (C=O) groups excluding carboxylic acids is 7. The van der Waals surface area contributed by atoms with Crippen LogP contribution < -0.4 is 16.0 Å². The van der Waals surface area contributed by atoms with Gasteiger partial charge in [0.15, 0.2) is 0 Å². The van der Waals surface area contributed by atoms with E-state index in [4.69, 9.17) is 4.74 Å². The molecule has 12 heteroatoms. The van der Waals surface area contributed by atoms with Crippen LogP contribution in [0.4, 0.5) is 10.5 Å². The highest BCUT2D eigenvalue weighted by molar-refractivity contribution is 6.04. The van der Waals surface area contributed by atoms with E-state index in [2.05, 4.69) is 16.0 Å². The fourth-order valence-electron chi connectivity index (χ4n) is 3.95. The first kappa shape index (κ1) is 31.3. The lowest BCUT2D eigenvalue weighted by atomic mass is 9.96. The molecule has 0 spiro atoms. The summed E-state index contributed by atoms with van der Waals surface area (Å²) in [6, 6.07) is 5.74. The van der Waals surface area contributed by atoms with Crippen LogP contribution in [0.3, 0.4) is 0 Å². The maximum atomic E-state index is 12.7. The van der Waals surface area contributed by atoms with Crippen LogP contribution in [0.15, 0.2) is 24.3 Å². The van der Waals surface area contributed by atoms with Crippen LogP contribution in [0, 0.1) is 11.8 Å². The lowest BCUT2D eigenvalue weighted by Gasteiger charge is -2.16. The summed E-state index contributed by atoms with van der Waals surface area (Å²) in [5, 5.41) is 7.28. The molecule has 2 rings (SSSR count). The van der Waals surface area contributed by atoms with E-state index in [0.29, 0.717) is 5.69 Å². The second-order valence-corrected chi connectivity index (χ2v) is 9.47. The second-order valence-electron chi connectivity index (χ2n) is 9.47. The number of anilines is 1. The number of nitrogens with zero attached hydrogens (tertiary/aromatic N) is 1. The highest BCUT2D eigenvalue weighted by atomic mass is 16.5. The summed E-state index contributed by atoms with van der Waals surface area (Å²) in [5.41, 5.74) is 1.19. The number of ketones is 2. The number of rotatable bonds is 15. The molecule has 1 aromatic carbocycles. The second kappa shape index (κ2) is 15.5. The minimum absolute atomic E-state index is 0.00544. The minimum atomic E-state index is -1.05. The Balaban J connectivity index is 1.78. The van der Waals surface area contributed by atoms with Crippen LogP contribution in [0.2, 0.25) is 0 Å². The van der Waals surface area contributed by atoms with E-state index in [-0.39, 0.29) is 87.7 Å². The van der Waals surface area contributed by atoms with Crippen molar-refractivity contribution in [1.82, 2.24) is 15.5 Å². The van der Waals surface area contributed by atoms with E-state index in [1.54, 1.807) is 38.1 Å². The highest BCUT2D eigenvalue weighted by Crippen LogP contribution is 2.18. The topological polar surface area (TPSA) is 168 Å². The van der Waals surface area contributed by atoms with E-state index < -0.39 is 23.8 Å². The summed E-state index contributed by atoms with van der Waals surface area (Å²) >= 11 is 0. The summed E-state index contributed by atoms with van der Waals surface area (Å²) < 4.78 is 5.38. The Hall–Kier alpha value is -3.93. The quantitative estimate of drug-likeness (QED) is 0.220. The van der Waals surface area contributed by atoms with Crippen LogP contribution in [-0.4, -0.2) is 72.4 Å². The minimum Gasteiger partial charge on any atom is -0.378 e. The van der Waals surface area contributed by atoms with Crippen molar-refractivity contribution in [3.8, 4) is 0 Å². The number of urea groups is 1. The zero-order valence-electron chi connectivity index (χ0n) is 22.5. The Morgan fingerprint density at radius 3 is 2.33 bits per heavy atom. The first-order chi connectivity index (χ1) is 18.5. The Bertz CT molecular complexity index is 1090. The average Bonchev–Trinajstić information content (AvgIpc) is 3.11. The van der Waals surface area contributed by atoms with Gasteiger partial charge >= 0.3 is 6.03 Å². The zero-order valence-corrected chi connectivity index (χ0v) is 22.5. The largest absolute Gasteiger partial charge is 0.378 e. The van der Waals surface area contributed by atoms with E-state index in [9.17, 15) is 33.6 Å². The number of benzene rings is 1. The van der Waals surface area contributed by atoms with Gasteiger partial charge in [-0.3, -0.25) is 39.0 Å². The van der Waals surface area contributed by atoms with E-state index in [0.717, 1.165) is 10.5 Å². The van der Waals surface area contributed by atoms with Gasteiger partial charge in [0.25, 0.3) is 0 Å². The molecule has 6 amide bonds. The van der Waals surface area contributed by atoms with Gasteiger partial charge in [-0.25, -0.2) is 4.79 Å². The number of carbonyl (C=O) groups is 7. The molecule has 3 N–H and O–H groups in total. The van der Waals surface area contributed by atoms with Crippen molar-refractivity contribution in [1.29, 1.82) is 0 Å². The van der Waals surface area contributed by atoms with Gasteiger partial charge in [-0.2, -0.15) is 0 Å². The number of Topliss-reactive ketones (excluding diaryl/α,β-unsaturated/α-hetero) is 2. The third-order valence-corrected chi connectivity index (χ3v) is 6.07. The molecule has 39 heavy (non-hydrogen) atoms. The van der Waals surface area contributed by atoms with Crippen molar-refractivity contribution >= 4 is 46.9 Å². The smallest absolute Gasteiger partial charge is 0.325 e. The number of ether oxygens (including phenoxy) is 1. The third kappa shape index (κ3) is 10.8. The Morgan fingerprint density at radius 2 is 1.74 bits per heavy atom. The SMILES string of the molecule is CCC(=O)CC(CC(=O)NCCOCCN1C(=O)CC(C)C1=O)C(=O)NC(=O)Nc1ccc(CC(C)=O)cc1. The molecule has 1 aromatic rings. The normalized spacial score (nSPS) is 15.6. The summed E-state index contributed by atoms with van der Waals surface area (Å²) in [5.74, 6) is -3.30. The van der Waals surface area contributed by atoms with E-state index in [1.807, 2.05) is 0 Å². The van der Waals surface area contributed by atoms with Gasteiger partial charge in [0.2, 0.25) is 23.6 Å². The summed E-state index contributed by atoms with van der Waals surface area (Å²) in [4.78, 5) is 85.4. The number of nitrogens with one attached hydrogen (secondary N) is 3. The molecule has 0 radical (unpaired) electrons. The number of hydrogen-bond acceptors (Lipinski definition) is 8. The molecule has 2 unspecified atom stereocenters. The molecule has 0 saturated carbocycles. The number of likely N-dealkylation sites (tertiary alicyclic amines) is 1. The van der Waals surface area contributed by atoms with Crippen molar-refractivity contribution in [2.75, 3.05) is 31.6 Å². The van der Waals surface area contributed by atoms with Crippen LogP contribution in [0.1, 0.15) is 52.0 Å². The molecule has 212 valence electrons. The Labute approximate surface area is 227 Å². The monoisotopic (exact) mass is 544 g/mol. The molecule has 2 atom stereocenters. The standard InChI is InChI=1S/C27H36N4O8/c1-4-22(33)15-20(25(36)30-27(38)29-21-7-5-19(6-8-21)14-18(3)32)16-23(34)28-9-11-39-12-10-31-24(35)13-17(2)26(31)37/h5-8,17,20H,4,9-16H2,1-3H3,(H,28,34)(H2,29,30,36,38). The summed E-state index contributed by atoms with van der Waals surface area (Å²) in [6.45, 7) is 5.32. The molecule has 1 saturated heterocycles. The van der Waals surface area contributed by atoms with Crippen LogP contribution in [0.5, 0.6) is 0 Å². The van der Waals surface area contributed by atoms with Crippen molar-refractivity contribution in [2.45, 2.75) is 52.9 Å². The fraction of sp³-hybridized carbons (Fsp3) is 0.519. The molecule has 1 aliphatic rings. The Morgan fingerprint density at radius 1 is 1.05 bits per heavy atom. The molecule has 0 aromatic heterocycles. The van der Waals surface area contributed by atoms with Crippen LogP contribution in [-0.2, 0) is 39.9 Å². The molecular weight excluding hydrogens is 508 g/mol. The van der Waals surface area contributed by atoms with Crippen molar-refractivity contribution in [3.05, 3.63) is 29.8 Å². The zero-order chi connectivity index (χ0) is 28.9. The van der Waals surface area contributed by atoms with Gasteiger partial charge in [0, 0.05) is 50.3 Å². The van der Waals surface area contributed by atoms with Crippen LogP contribution in [0.25, 0.3) is 0 Å². The molecule has 0 bridgehead atoms. The van der Waals surface area contributed by atoms with Crippen molar-refractivity contribution in [3.63, 3.8) is 0 Å². The van der Waals surface area contributed by atoms with E-state index >= 15 is 0 Å². The van der Waals surface area contributed by atoms with Gasteiger partial charge in [-0.05, 0) is 24.6 Å². The molecule has 0 aliphatic carbocycles. The van der Waals surface area contributed by atoms with E-state index in [1.165, 1.54) is 6.92 Å². The first-order valence-electron chi connectivity index (χ1n) is 12.9. The number of imide groups is 2. The first-order valence-corrected chi connectivity index (χ1v) is 12.9.